The molecule has 12 heteroatoms. The Morgan fingerprint density at radius 1 is 1.02 bits per heavy atom. The number of fused-ring (bicyclic) bond motifs is 1. The van der Waals surface area contributed by atoms with Crippen LogP contribution in [0.15, 0.2) is 58.2 Å². The van der Waals surface area contributed by atoms with Crippen LogP contribution in [0.1, 0.15) is 31.5 Å². The predicted octanol–water partition coefficient (Wildman–Crippen LogP) is 2.48. The van der Waals surface area contributed by atoms with Crippen LogP contribution in [-0.4, -0.2) is 88.4 Å². The third kappa shape index (κ3) is 6.05. The third-order valence-corrected chi connectivity index (χ3v) is 9.11. The maximum Gasteiger partial charge on any atom is 0.262 e. The zero-order valence-corrected chi connectivity index (χ0v) is 24.2. The van der Waals surface area contributed by atoms with Crippen LogP contribution in [0.4, 0.5) is 0 Å². The van der Waals surface area contributed by atoms with Gasteiger partial charge in [0.15, 0.2) is 5.65 Å². The number of rotatable bonds is 11. The highest BCUT2D eigenvalue weighted by Gasteiger charge is 2.29. The molecule has 1 fully saturated rings. The molecule has 2 aromatic carbocycles. The zero-order valence-electron chi connectivity index (χ0n) is 23.4. The van der Waals surface area contributed by atoms with E-state index >= 15 is 0 Å². The van der Waals surface area contributed by atoms with Crippen molar-refractivity contribution in [3.8, 4) is 17.1 Å². The van der Waals surface area contributed by atoms with Crippen LogP contribution < -0.4 is 10.3 Å². The Morgan fingerprint density at radius 2 is 1.78 bits per heavy atom. The summed E-state index contributed by atoms with van der Waals surface area (Å²) in [5.41, 5.74) is 2.18. The van der Waals surface area contributed by atoms with E-state index in [-0.39, 0.29) is 22.9 Å². The van der Waals surface area contributed by atoms with E-state index in [1.807, 2.05) is 49.1 Å². The van der Waals surface area contributed by atoms with Crippen LogP contribution in [0.2, 0.25) is 0 Å². The molecular weight excluding hydrogens is 544 g/mol. The molecule has 0 unspecified atom stereocenters. The number of aromatic amines is 1. The van der Waals surface area contributed by atoms with Crippen molar-refractivity contribution in [1.29, 1.82) is 0 Å². The number of hydrogen-bond donors (Lipinski definition) is 2. The zero-order chi connectivity index (χ0) is 29.0. The minimum Gasteiger partial charge on any atom is -0.493 e. The van der Waals surface area contributed by atoms with Gasteiger partial charge in [0.1, 0.15) is 17.0 Å². The lowest BCUT2D eigenvalue weighted by atomic mass is 10.1. The maximum atomic E-state index is 13.6. The second-order valence-electron chi connectivity index (χ2n) is 10.0. The number of ether oxygens (including phenoxy) is 1. The summed E-state index contributed by atoms with van der Waals surface area (Å²) in [4.78, 5) is 23.4. The summed E-state index contributed by atoms with van der Waals surface area (Å²) in [6.07, 6.45) is 1.29. The van der Waals surface area contributed by atoms with Gasteiger partial charge in [0, 0.05) is 45.7 Å². The van der Waals surface area contributed by atoms with Gasteiger partial charge in [-0.05, 0) is 37.1 Å². The van der Waals surface area contributed by atoms with Gasteiger partial charge in [0.05, 0.1) is 29.4 Å². The SMILES string of the molecule is CCCn1nc(Cc2ccccc2)c2c(=O)[nH]c(-c3cc(S(=O)(=O)N4CCN(CCO)CC4)ccc3OCC)nc21. The molecule has 11 nitrogen and oxygen atoms in total. The van der Waals surface area contributed by atoms with E-state index in [4.69, 9.17) is 14.8 Å². The van der Waals surface area contributed by atoms with Crippen LogP contribution in [-0.2, 0) is 23.0 Å². The smallest absolute Gasteiger partial charge is 0.262 e. The molecule has 2 aromatic heterocycles. The third-order valence-electron chi connectivity index (χ3n) is 7.22. The number of nitrogens with zero attached hydrogens (tertiary/aromatic N) is 5. The topological polar surface area (TPSA) is 134 Å². The van der Waals surface area contributed by atoms with Gasteiger partial charge >= 0.3 is 0 Å². The minimum absolute atomic E-state index is 0.0372. The van der Waals surface area contributed by atoms with Crippen molar-refractivity contribution >= 4 is 21.1 Å². The van der Waals surface area contributed by atoms with Crippen molar-refractivity contribution in [2.45, 2.75) is 38.1 Å². The highest BCUT2D eigenvalue weighted by Crippen LogP contribution is 2.32. The van der Waals surface area contributed by atoms with Crippen LogP contribution >= 0.6 is 0 Å². The summed E-state index contributed by atoms with van der Waals surface area (Å²) >= 11 is 0. The van der Waals surface area contributed by atoms with Crippen molar-refractivity contribution in [2.75, 3.05) is 45.9 Å². The number of piperazine rings is 1. The molecule has 41 heavy (non-hydrogen) atoms. The molecule has 1 aliphatic rings. The van der Waals surface area contributed by atoms with E-state index in [0.717, 1.165) is 12.0 Å². The molecule has 5 rings (SSSR count). The Hall–Kier alpha value is -3.58. The van der Waals surface area contributed by atoms with Gasteiger partial charge in [-0.25, -0.2) is 18.1 Å². The number of β-amino-alcohol motifs (C(OH)–C–C–N with tert-alkyl or cyclic N) is 1. The molecule has 4 aromatic rings. The molecule has 0 aliphatic carbocycles. The summed E-state index contributed by atoms with van der Waals surface area (Å²) in [5.74, 6) is 0.645. The number of aliphatic hydroxyl groups is 1. The van der Waals surface area contributed by atoms with E-state index in [9.17, 15) is 18.3 Å². The number of hydrogen-bond acceptors (Lipinski definition) is 8. The van der Waals surface area contributed by atoms with E-state index < -0.39 is 10.0 Å². The van der Waals surface area contributed by atoms with Gasteiger partial charge in [-0.1, -0.05) is 37.3 Å². The average molecular weight is 581 g/mol. The predicted molar refractivity (Wildman–Crippen MR) is 157 cm³/mol. The fourth-order valence-electron chi connectivity index (χ4n) is 5.18. The molecule has 0 atom stereocenters. The van der Waals surface area contributed by atoms with Gasteiger partial charge < -0.3 is 14.8 Å². The number of nitrogens with one attached hydrogen (secondary N) is 1. The lowest BCUT2D eigenvalue weighted by molar-refractivity contribution is 0.151. The fourth-order valence-corrected chi connectivity index (χ4v) is 6.63. The molecule has 0 spiro atoms. The molecule has 0 amide bonds. The average Bonchev–Trinajstić information content (AvgIpc) is 3.31. The first-order valence-electron chi connectivity index (χ1n) is 14.0. The summed E-state index contributed by atoms with van der Waals surface area (Å²) in [7, 11) is -3.81. The fraction of sp³-hybridized carbons (Fsp3) is 0.414. The summed E-state index contributed by atoms with van der Waals surface area (Å²) in [6.45, 7) is 7.10. The van der Waals surface area contributed by atoms with Crippen LogP contribution in [0, 0.1) is 0 Å². The molecule has 1 saturated heterocycles. The van der Waals surface area contributed by atoms with Crippen molar-refractivity contribution in [3.05, 3.63) is 70.1 Å². The van der Waals surface area contributed by atoms with Gasteiger partial charge in [-0.3, -0.25) is 9.69 Å². The largest absolute Gasteiger partial charge is 0.493 e. The van der Waals surface area contributed by atoms with E-state index in [1.54, 1.807) is 10.7 Å². The summed E-state index contributed by atoms with van der Waals surface area (Å²) in [6, 6.07) is 14.5. The number of H-pyrrole nitrogens is 1. The Bertz CT molecular complexity index is 1660. The summed E-state index contributed by atoms with van der Waals surface area (Å²) in [5, 5.41) is 14.4. The van der Waals surface area contributed by atoms with E-state index in [1.165, 1.54) is 16.4 Å². The van der Waals surface area contributed by atoms with E-state index in [2.05, 4.69) is 4.98 Å². The number of aromatic nitrogens is 4. The second-order valence-corrected chi connectivity index (χ2v) is 11.9. The molecule has 0 saturated carbocycles. The maximum absolute atomic E-state index is 13.6. The first kappa shape index (κ1) is 28.9. The van der Waals surface area contributed by atoms with Crippen LogP contribution in [0.25, 0.3) is 22.4 Å². The van der Waals surface area contributed by atoms with Gasteiger partial charge in [-0.2, -0.15) is 9.40 Å². The van der Waals surface area contributed by atoms with Gasteiger partial charge in [0.2, 0.25) is 10.0 Å². The molecule has 0 bridgehead atoms. The van der Waals surface area contributed by atoms with Crippen molar-refractivity contribution in [3.63, 3.8) is 0 Å². The highest BCUT2D eigenvalue weighted by atomic mass is 32.2. The molecule has 0 radical (unpaired) electrons. The first-order chi connectivity index (χ1) is 19.8. The number of aryl methyl sites for hydroxylation is 1. The molecular formula is C29H36N6O5S. The molecule has 2 N–H and O–H groups in total. The number of sulfonamides is 1. The Labute approximate surface area is 239 Å². The Morgan fingerprint density at radius 3 is 2.46 bits per heavy atom. The normalized spacial score (nSPS) is 15.0. The molecule has 1 aliphatic heterocycles. The van der Waals surface area contributed by atoms with Crippen molar-refractivity contribution in [1.82, 2.24) is 29.0 Å². The van der Waals surface area contributed by atoms with Crippen LogP contribution in [0.3, 0.4) is 0 Å². The highest BCUT2D eigenvalue weighted by molar-refractivity contribution is 7.89. The van der Waals surface area contributed by atoms with Crippen molar-refractivity contribution in [2.24, 2.45) is 0 Å². The standard InChI is InChI=1S/C29H36N6O5S/c1-3-12-35-28-26(24(32-35)19-21-8-6-5-7-9-21)29(37)31-27(30-28)23-20-22(10-11-25(23)40-4-2)41(38,39)34-15-13-33(14-16-34)17-18-36/h5-11,20,36H,3-4,12-19H2,1-2H3,(H,30,31,37). The minimum atomic E-state index is -3.81. The van der Waals surface area contributed by atoms with Gasteiger partial charge in [0.25, 0.3) is 5.56 Å². The lowest BCUT2D eigenvalue weighted by Crippen LogP contribution is -2.49. The van der Waals surface area contributed by atoms with E-state index in [0.29, 0.717) is 80.3 Å². The molecule has 218 valence electrons. The number of aliphatic hydroxyl groups excluding tert-OH is 1. The Balaban J connectivity index is 1.57. The number of benzene rings is 2. The van der Waals surface area contributed by atoms with Crippen LogP contribution in [0.5, 0.6) is 5.75 Å². The quantitative estimate of drug-likeness (QED) is 0.277. The lowest BCUT2D eigenvalue weighted by Gasteiger charge is -2.33. The van der Waals surface area contributed by atoms with Gasteiger partial charge in [-0.15, -0.1) is 0 Å². The second kappa shape index (κ2) is 12.5. The molecule has 3 heterocycles. The van der Waals surface area contributed by atoms with Crippen molar-refractivity contribution < 1.29 is 18.3 Å². The Kier molecular flexibility index (Phi) is 8.83. The summed E-state index contributed by atoms with van der Waals surface area (Å²) < 4.78 is 36.3. The monoisotopic (exact) mass is 580 g/mol. The first-order valence-corrected chi connectivity index (χ1v) is 15.4.